The fourth-order valence-corrected chi connectivity index (χ4v) is 3.11. The molecule has 0 fully saturated rings. The number of nitrogens with zero attached hydrogens (tertiary/aromatic N) is 1. The van der Waals surface area contributed by atoms with Crippen molar-refractivity contribution in [3.05, 3.63) is 36.0 Å². The topological polar surface area (TPSA) is 60.3 Å². The summed E-state index contributed by atoms with van der Waals surface area (Å²) in [6.45, 7) is 6.18. The molecule has 1 amide bonds. The van der Waals surface area contributed by atoms with Gasteiger partial charge in [-0.1, -0.05) is 32.0 Å². The van der Waals surface area contributed by atoms with Gasteiger partial charge in [0.15, 0.2) is 0 Å². The molecule has 0 aliphatic carbocycles. The van der Waals surface area contributed by atoms with E-state index in [0.29, 0.717) is 12.0 Å². The predicted octanol–water partition coefficient (Wildman–Crippen LogP) is 4.10. The van der Waals surface area contributed by atoms with E-state index in [9.17, 15) is 14.0 Å². The van der Waals surface area contributed by atoms with Crippen molar-refractivity contribution in [3.8, 4) is 0 Å². The van der Waals surface area contributed by atoms with E-state index in [0.717, 1.165) is 30.3 Å². The lowest BCUT2D eigenvalue weighted by Crippen LogP contribution is -2.45. The van der Waals surface area contributed by atoms with Crippen molar-refractivity contribution >= 4 is 22.8 Å². The minimum atomic E-state index is -0.691. The van der Waals surface area contributed by atoms with Crippen molar-refractivity contribution in [1.82, 2.24) is 9.88 Å². The summed E-state index contributed by atoms with van der Waals surface area (Å²) in [6, 6.07) is 6.99. The number of carbonyl (C=O) groups is 2. The largest absolute Gasteiger partial charge is 0.464 e. The van der Waals surface area contributed by atoms with E-state index < -0.39 is 12.0 Å². The third-order valence-electron chi connectivity index (χ3n) is 4.56. The molecule has 148 valence electrons. The number of aryl methyl sites for hydroxylation is 1. The number of aromatic nitrogens is 1. The number of carbonyl (C=O) groups excluding carboxylic acids is 2. The van der Waals surface area contributed by atoms with Gasteiger partial charge in [-0.25, -0.2) is 4.79 Å². The van der Waals surface area contributed by atoms with E-state index in [4.69, 9.17) is 4.74 Å². The van der Waals surface area contributed by atoms with Gasteiger partial charge in [-0.15, -0.1) is 0 Å². The summed E-state index contributed by atoms with van der Waals surface area (Å²) in [6.07, 6.45) is 4.03. The first-order valence-electron chi connectivity index (χ1n) is 9.60. The van der Waals surface area contributed by atoms with Gasteiger partial charge in [-0.3, -0.25) is 9.18 Å². The van der Waals surface area contributed by atoms with Crippen LogP contribution in [0.4, 0.5) is 4.39 Å². The molecule has 27 heavy (non-hydrogen) atoms. The van der Waals surface area contributed by atoms with Crippen molar-refractivity contribution < 1.29 is 18.7 Å². The normalized spacial score (nSPS) is 12.3. The summed E-state index contributed by atoms with van der Waals surface area (Å²) in [5.74, 6) is -0.793. The zero-order chi connectivity index (χ0) is 19.8. The van der Waals surface area contributed by atoms with Crippen LogP contribution in [0.5, 0.6) is 0 Å². The molecule has 6 heteroatoms. The maximum atomic E-state index is 12.9. The Morgan fingerprint density at radius 1 is 1.19 bits per heavy atom. The number of ether oxygens (including phenoxy) is 1. The minimum absolute atomic E-state index is 0.0814. The third-order valence-corrected chi connectivity index (χ3v) is 4.56. The highest BCUT2D eigenvalue weighted by atomic mass is 19.1. The maximum absolute atomic E-state index is 12.9. The van der Waals surface area contributed by atoms with Crippen LogP contribution in [0.1, 0.15) is 50.4 Å². The number of para-hydroxylation sites is 1. The van der Waals surface area contributed by atoms with E-state index in [1.807, 2.05) is 48.9 Å². The van der Waals surface area contributed by atoms with E-state index in [2.05, 4.69) is 5.32 Å². The van der Waals surface area contributed by atoms with Crippen molar-refractivity contribution in [3.63, 3.8) is 0 Å². The highest BCUT2D eigenvalue weighted by molar-refractivity contribution is 6.08. The van der Waals surface area contributed by atoms with E-state index in [1.54, 1.807) is 6.92 Å². The van der Waals surface area contributed by atoms with Crippen molar-refractivity contribution in [2.24, 2.45) is 5.92 Å². The maximum Gasteiger partial charge on any atom is 0.328 e. The van der Waals surface area contributed by atoms with E-state index >= 15 is 0 Å². The number of fused-ring (bicyclic) bond motifs is 1. The Balaban J connectivity index is 2.23. The molecule has 1 aromatic heterocycles. The standard InChI is InChI=1S/C21H29FN2O3/c1-4-27-21(26)19(15(2)3)23-20(25)17-14-24(13-9-5-8-12-22)18-11-7-6-10-16(17)18/h6-7,10-11,14-15,19H,4-5,8-9,12-13H2,1-3H3,(H,23,25)/t19-/m0/s1. The molecule has 0 radical (unpaired) electrons. The molecule has 5 nitrogen and oxygen atoms in total. The number of hydrogen-bond acceptors (Lipinski definition) is 3. The molecular formula is C21H29FN2O3. The van der Waals surface area contributed by atoms with Crippen LogP contribution in [0.2, 0.25) is 0 Å². The Hall–Kier alpha value is -2.37. The van der Waals surface area contributed by atoms with Crippen LogP contribution in [0.3, 0.4) is 0 Å². The van der Waals surface area contributed by atoms with Gasteiger partial charge in [0.1, 0.15) is 6.04 Å². The van der Waals surface area contributed by atoms with Crippen LogP contribution in [0.15, 0.2) is 30.5 Å². The lowest BCUT2D eigenvalue weighted by molar-refractivity contribution is -0.146. The second kappa shape index (κ2) is 10.1. The van der Waals surface area contributed by atoms with Crippen LogP contribution >= 0.6 is 0 Å². The first-order chi connectivity index (χ1) is 13.0. The molecule has 0 aliphatic rings. The van der Waals surface area contributed by atoms with Crippen LogP contribution in [-0.2, 0) is 16.1 Å². The lowest BCUT2D eigenvalue weighted by Gasteiger charge is -2.20. The monoisotopic (exact) mass is 376 g/mol. The van der Waals surface area contributed by atoms with Crippen molar-refractivity contribution in [2.45, 2.75) is 52.6 Å². The van der Waals surface area contributed by atoms with Crippen LogP contribution < -0.4 is 5.32 Å². The molecule has 0 saturated heterocycles. The fourth-order valence-electron chi connectivity index (χ4n) is 3.11. The second-order valence-electron chi connectivity index (χ2n) is 6.95. The first kappa shape index (κ1) is 20.9. The van der Waals surface area contributed by atoms with Gasteiger partial charge in [0, 0.05) is 23.6 Å². The molecule has 1 N–H and O–H groups in total. The number of alkyl halides is 1. The molecule has 2 aromatic rings. The number of amides is 1. The van der Waals surface area contributed by atoms with Gasteiger partial charge in [-0.2, -0.15) is 0 Å². The molecule has 2 rings (SSSR count). The summed E-state index contributed by atoms with van der Waals surface area (Å²) >= 11 is 0. The number of hydrogen-bond donors (Lipinski definition) is 1. The van der Waals surface area contributed by atoms with Gasteiger partial charge in [0.05, 0.1) is 18.8 Å². The van der Waals surface area contributed by atoms with Gasteiger partial charge in [0.2, 0.25) is 0 Å². The number of unbranched alkanes of at least 4 members (excludes halogenated alkanes) is 2. The second-order valence-corrected chi connectivity index (χ2v) is 6.95. The first-order valence-corrected chi connectivity index (χ1v) is 9.60. The Morgan fingerprint density at radius 3 is 2.59 bits per heavy atom. The number of esters is 1. The predicted molar refractivity (Wildman–Crippen MR) is 104 cm³/mol. The Labute approximate surface area is 159 Å². The van der Waals surface area contributed by atoms with E-state index in [1.165, 1.54) is 0 Å². The van der Waals surface area contributed by atoms with E-state index in [-0.39, 0.29) is 25.1 Å². The number of rotatable bonds is 10. The summed E-state index contributed by atoms with van der Waals surface area (Å²) in [7, 11) is 0. The number of nitrogens with one attached hydrogen (secondary N) is 1. The third kappa shape index (κ3) is 5.31. The highest BCUT2D eigenvalue weighted by Gasteiger charge is 2.27. The summed E-state index contributed by atoms with van der Waals surface area (Å²) in [4.78, 5) is 25.0. The minimum Gasteiger partial charge on any atom is -0.464 e. The average molecular weight is 376 g/mol. The molecule has 0 aliphatic heterocycles. The highest BCUT2D eigenvalue weighted by Crippen LogP contribution is 2.22. The SMILES string of the molecule is CCOC(=O)[C@@H](NC(=O)c1cn(CCCCCF)c2ccccc12)C(C)C. The summed E-state index contributed by atoms with van der Waals surface area (Å²) in [5.41, 5.74) is 1.49. The zero-order valence-electron chi connectivity index (χ0n) is 16.3. The molecule has 1 atom stereocenters. The van der Waals surface area contributed by atoms with Gasteiger partial charge < -0.3 is 14.6 Å². The Kier molecular flexibility index (Phi) is 7.82. The van der Waals surface area contributed by atoms with Crippen LogP contribution in [-0.4, -0.2) is 35.8 Å². The molecule has 0 unspecified atom stereocenters. The average Bonchev–Trinajstić information content (AvgIpc) is 3.02. The molecule has 1 heterocycles. The lowest BCUT2D eigenvalue weighted by atomic mass is 10.0. The van der Waals surface area contributed by atoms with Crippen LogP contribution in [0.25, 0.3) is 10.9 Å². The van der Waals surface area contributed by atoms with Gasteiger partial charge >= 0.3 is 5.97 Å². The molecule has 0 bridgehead atoms. The number of benzene rings is 1. The molecular weight excluding hydrogens is 347 g/mol. The quantitative estimate of drug-likeness (QED) is 0.502. The Morgan fingerprint density at radius 2 is 1.93 bits per heavy atom. The van der Waals surface area contributed by atoms with Crippen molar-refractivity contribution in [1.29, 1.82) is 0 Å². The van der Waals surface area contributed by atoms with Crippen LogP contribution in [0, 0.1) is 5.92 Å². The number of halogens is 1. The molecule has 0 saturated carbocycles. The van der Waals surface area contributed by atoms with Gasteiger partial charge in [-0.05, 0) is 38.2 Å². The van der Waals surface area contributed by atoms with Crippen molar-refractivity contribution in [2.75, 3.05) is 13.3 Å². The Bertz CT molecular complexity index is 770. The fraction of sp³-hybridized carbons (Fsp3) is 0.524. The molecule has 1 aromatic carbocycles. The van der Waals surface area contributed by atoms with Gasteiger partial charge in [0.25, 0.3) is 5.91 Å². The smallest absolute Gasteiger partial charge is 0.328 e. The molecule has 0 spiro atoms. The zero-order valence-corrected chi connectivity index (χ0v) is 16.3. The summed E-state index contributed by atoms with van der Waals surface area (Å²) < 4.78 is 19.4. The summed E-state index contributed by atoms with van der Waals surface area (Å²) in [5, 5.41) is 3.66.